The topological polar surface area (TPSA) is 50.4 Å². The molecule has 1 fully saturated rings. The lowest BCUT2D eigenvalue weighted by atomic mass is 9.95. The van der Waals surface area contributed by atoms with Gasteiger partial charge in [0.2, 0.25) is 5.91 Å². The SMILES string of the molecule is COC(C)C(=O)NC1(C)CNC1. The van der Waals surface area contributed by atoms with Gasteiger partial charge in [0.25, 0.3) is 0 Å². The lowest BCUT2D eigenvalue weighted by Gasteiger charge is -2.40. The fraction of sp³-hybridized carbons (Fsp3) is 0.875. The molecule has 1 heterocycles. The molecule has 1 unspecified atom stereocenters. The second-order valence-corrected chi connectivity index (χ2v) is 3.53. The van der Waals surface area contributed by atoms with Gasteiger partial charge in [-0.25, -0.2) is 0 Å². The zero-order valence-electron chi connectivity index (χ0n) is 7.81. The average Bonchev–Trinajstić information content (AvgIpc) is 2.00. The molecule has 0 aromatic heterocycles. The summed E-state index contributed by atoms with van der Waals surface area (Å²) in [6, 6.07) is 0. The number of ether oxygens (including phenoxy) is 1. The standard InChI is InChI=1S/C8H16N2O2/c1-6(12-3)7(11)10-8(2)4-9-5-8/h6,9H,4-5H2,1-3H3,(H,10,11). The van der Waals surface area contributed by atoms with Crippen LogP contribution in [0, 0.1) is 0 Å². The molecule has 1 aliphatic rings. The molecule has 1 saturated heterocycles. The molecule has 2 N–H and O–H groups in total. The molecule has 0 spiro atoms. The Labute approximate surface area is 72.7 Å². The number of methoxy groups -OCH3 is 1. The second kappa shape index (κ2) is 3.41. The van der Waals surface area contributed by atoms with Crippen molar-refractivity contribution in [1.29, 1.82) is 0 Å². The third-order valence-electron chi connectivity index (χ3n) is 2.18. The first kappa shape index (κ1) is 9.48. The van der Waals surface area contributed by atoms with Crippen molar-refractivity contribution in [2.24, 2.45) is 0 Å². The number of amides is 1. The summed E-state index contributed by atoms with van der Waals surface area (Å²) < 4.78 is 4.89. The molecule has 0 saturated carbocycles. The van der Waals surface area contributed by atoms with E-state index < -0.39 is 0 Å². The van der Waals surface area contributed by atoms with Gasteiger partial charge >= 0.3 is 0 Å². The Balaban J connectivity index is 2.35. The van der Waals surface area contributed by atoms with E-state index >= 15 is 0 Å². The number of nitrogens with one attached hydrogen (secondary N) is 2. The molecule has 1 aliphatic heterocycles. The van der Waals surface area contributed by atoms with E-state index in [4.69, 9.17) is 4.74 Å². The maximum absolute atomic E-state index is 11.3. The Bertz CT molecular complexity index is 178. The molecule has 0 radical (unpaired) electrons. The van der Waals surface area contributed by atoms with Gasteiger partial charge in [0.1, 0.15) is 6.10 Å². The van der Waals surface area contributed by atoms with Crippen molar-refractivity contribution >= 4 is 5.91 Å². The summed E-state index contributed by atoms with van der Waals surface area (Å²) in [5.41, 5.74) is -0.0656. The highest BCUT2D eigenvalue weighted by Crippen LogP contribution is 2.09. The van der Waals surface area contributed by atoms with E-state index in [-0.39, 0.29) is 17.6 Å². The van der Waals surface area contributed by atoms with Crippen molar-refractivity contribution in [3.8, 4) is 0 Å². The van der Waals surface area contributed by atoms with Gasteiger partial charge in [0.05, 0.1) is 5.54 Å². The van der Waals surface area contributed by atoms with Crippen molar-refractivity contribution in [3.05, 3.63) is 0 Å². The largest absolute Gasteiger partial charge is 0.372 e. The molecular weight excluding hydrogens is 156 g/mol. The Hall–Kier alpha value is -0.610. The molecule has 4 heteroatoms. The molecule has 1 atom stereocenters. The third kappa shape index (κ3) is 1.95. The molecule has 1 rings (SSSR count). The van der Waals surface area contributed by atoms with Gasteiger partial charge < -0.3 is 15.4 Å². The third-order valence-corrected chi connectivity index (χ3v) is 2.18. The minimum absolute atomic E-state index is 0.0403. The molecule has 1 amide bonds. The number of carbonyl (C=O) groups is 1. The first-order valence-electron chi connectivity index (χ1n) is 4.13. The monoisotopic (exact) mass is 172 g/mol. The van der Waals surface area contributed by atoms with Crippen LogP contribution in [-0.4, -0.2) is 37.7 Å². The van der Waals surface area contributed by atoms with E-state index in [0.717, 1.165) is 13.1 Å². The van der Waals surface area contributed by atoms with Crippen LogP contribution in [0.15, 0.2) is 0 Å². The Kier molecular flexibility index (Phi) is 2.69. The predicted octanol–water partition coefficient (Wildman–Crippen LogP) is -0.501. The Morgan fingerprint density at radius 2 is 2.25 bits per heavy atom. The zero-order valence-corrected chi connectivity index (χ0v) is 7.81. The number of carbonyl (C=O) groups excluding carboxylic acids is 1. The van der Waals surface area contributed by atoms with Gasteiger partial charge in [0, 0.05) is 20.2 Å². The van der Waals surface area contributed by atoms with Crippen LogP contribution in [0.1, 0.15) is 13.8 Å². The fourth-order valence-corrected chi connectivity index (χ4v) is 1.09. The molecule has 0 aliphatic carbocycles. The molecule has 12 heavy (non-hydrogen) atoms. The molecule has 0 bridgehead atoms. The summed E-state index contributed by atoms with van der Waals surface area (Å²) in [5.74, 6) is -0.0403. The Morgan fingerprint density at radius 3 is 2.58 bits per heavy atom. The van der Waals surface area contributed by atoms with E-state index in [1.165, 1.54) is 7.11 Å². The van der Waals surface area contributed by atoms with Crippen LogP contribution in [0.3, 0.4) is 0 Å². The van der Waals surface area contributed by atoms with Crippen LogP contribution in [0.25, 0.3) is 0 Å². The van der Waals surface area contributed by atoms with Crippen molar-refractivity contribution < 1.29 is 9.53 Å². The highest BCUT2D eigenvalue weighted by atomic mass is 16.5. The maximum atomic E-state index is 11.3. The summed E-state index contributed by atoms with van der Waals surface area (Å²) in [7, 11) is 1.53. The first-order valence-corrected chi connectivity index (χ1v) is 4.13. The molecule has 0 aromatic rings. The molecular formula is C8H16N2O2. The predicted molar refractivity (Wildman–Crippen MR) is 45.9 cm³/mol. The van der Waals surface area contributed by atoms with E-state index in [2.05, 4.69) is 10.6 Å². The van der Waals surface area contributed by atoms with Crippen molar-refractivity contribution in [1.82, 2.24) is 10.6 Å². The van der Waals surface area contributed by atoms with Crippen LogP contribution in [0.2, 0.25) is 0 Å². The summed E-state index contributed by atoms with van der Waals surface area (Å²) in [6.07, 6.45) is -0.359. The summed E-state index contributed by atoms with van der Waals surface area (Å²) in [4.78, 5) is 11.3. The summed E-state index contributed by atoms with van der Waals surface area (Å²) in [6.45, 7) is 5.44. The van der Waals surface area contributed by atoms with Crippen LogP contribution < -0.4 is 10.6 Å². The van der Waals surface area contributed by atoms with Crippen LogP contribution in [-0.2, 0) is 9.53 Å². The number of rotatable bonds is 3. The molecule has 4 nitrogen and oxygen atoms in total. The molecule has 70 valence electrons. The van der Waals surface area contributed by atoms with Gasteiger partial charge in [0.15, 0.2) is 0 Å². The van der Waals surface area contributed by atoms with Crippen molar-refractivity contribution in [2.45, 2.75) is 25.5 Å². The van der Waals surface area contributed by atoms with Crippen molar-refractivity contribution in [2.75, 3.05) is 20.2 Å². The van der Waals surface area contributed by atoms with Crippen LogP contribution in [0.5, 0.6) is 0 Å². The van der Waals surface area contributed by atoms with E-state index in [1.807, 2.05) is 6.92 Å². The minimum atomic E-state index is -0.359. The number of hydrogen-bond donors (Lipinski definition) is 2. The fourth-order valence-electron chi connectivity index (χ4n) is 1.09. The molecule has 0 aromatic carbocycles. The quantitative estimate of drug-likeness (QED) is 0.603. The minimum Gasteiger partial charge on any atom is -0.372 e. The normalized spacial score (nSPS) is 22.6. The Morgan fingerprint density at radius 1 is 1.67 bits per heavy atom. The smallest absolute Gasteiger partial charge is 0.249 e. The highest BCUT2D eigenvalue weighted by molar-refractivity contribution is 5.81. The van der Waals surface area contributed by atoms with Gasteiger partial charge in [-0.15, -0.1) is 0 Å². The van der Waals surface area contributed by atoms with Crippen molar-refractivity contribution in [3.63, 3.8) is 0 Å². The number of hydrogen-bond acceptors (Lipinski definition) is 3. The van der Waals surface area contributed by atoms with Gasteiger partial charge in [-0.3, -0.25) is 4.79 Å². The first-order chi connectivity index (χ1) is 5.57. The van der Waals surface area contributed by atoms with Crippen LogP contribution >= 0.6 is 0 Å². The second-order valence-electron chi connectivity index (χ2n) is 3.53. The highest BCUT2D eigenvalue weighted by Gasteiger charge is 2.33. The van der Waals surface area contributed by atoms with Gasteiger partial charge in [-0.1, -0.05) is 0 Å². The maximum Gasteiger partial charge on any atom is 0.249 e. The van der Waals surface area contributed by atoms with E-state index in [1.54, 1.807) is 6.92 Å². The summed E-state index contributed by atoms with van der Waals surface area (Å²) in [5, 5.41) is 6.03. The van der Waals surface area contributed by atoms with Crippen LogP contribution in [0.4, 0.5) is 0 Å². The van der Waals surface area contributed by atoms with Gasteiger partial charge in [-0.2, -0.15) is 0 Å². The van der Waals surface area contributed by atoms with E-state index in [0.29, 0.717) is 0 Å². The lowest BCUT2D eigenvalue weighted by Crippen LogP contribution is -2.68. The summed E-state index contributed by atoms with van der Waals surface area (Å²) >= 11 is 0. The van der Waals surface area contributed by atoms with E-state index in [9.17, 15) is 4.79 Å². The lowest BCUT2D eigenvalue weighted by molar-refractivity contribution is -0.132. The van der Waals surface area contributed by atoms with Gasteiger partial charge in [-0.05, 0) is 13.8 Å². The zero-order chi connectivity index (χ0) is 9.19. The average molecular weight is 172 g/mol.